The fourth-order valence-corrected chi connectivity index (χ4v) is 1.39. The zero-order valence-corrected chi connectivity index (χ0v) is 10.5. The van der Waals surface area contributed by atoms with E-state index in [0.29, 0.717) is 5.92 Å². The molecule has 0 unspecified atom stereocenters. The third-order valence-electron chi connectivity index (χ3n) is 2.25. The monoisotopic (exact) mass is 222 g/mol. The summed E-state index contributed by atoms with van der Waals surface area (Å²) in [5.41, 5.74) is 2.35. The van der Waals surface area contributed by atoms with Gasteiger partial charge in [-0.25, -0.2) is 0 Å². The zero-order valence-electron chi connectivity index (χ0n) is 10.5. The van der Waals surface area contributed by atoms with E-state index in [1.807, 2.05) is 18.5 Å². The number of rotatable bonds is 7. The Morgan fingerprint density at radius 2 is 2.25 bits per heavy atom. The number of hydrogen-bond donors (Lipinski definition) is 1. The first-order valence-electron chi connectivity index (χ1n) is 5.92. The van der Waals surface area contributed by atoms with Crippen LogP contribution in [-0.4, -0.2) is 24.7 Å². The second-order valence-corrected chi connectivity index (χ2v) is 4.44. The lowest BCUT2D eigenvalue weighted by molar-refractivity contribution is 0.110. The van der Waals surface area contributed by atoms with Crippen molar-refractivity contribution in [2.45, 2.75) is 27.2 Å². The molecule has 0 aliphatic carbocycles. The van der Waals surface area contributed by atoms with Crippen LogP contribution in [0.2, 0.25) is 0 Å². The predicted molar refractivity (Wildman–Crippen MR) is 67.7 cm³/mol. The molecule has 1 aromatic rings. The normalized spacial score (nSPS) is 10.8. The molecule has 0 saturated carbocycles. The first kappa shape index (κ1) is 13.0. The van der Waals surface area contributed by atoms with Crippen molar-refractivity contribution in [1.29, 1.82) is 0 Å². The summed E-state index contributed by atoms with van der Waals surface area (Å²) in [5, 5.41) is 3.38. The molecule has 0 atom stereocenters. The number of nitrogens with one attached hydrogen (secondary N) is 1. The van der Waals surface area contributed by atoms with E-state index in [1.165, 1.54) is 11.3 Å². The van der Waals surface area contributed by atoms with Crippen molar-refractivity contribution < 1.29 is 4.74 Å². The molecule has 0 amide bonds. The Morgan fingerprint density at radius 3 is 2.94 bits per heavy atom. The molecule has 0 radical (unpaired) electrons. The number of pyridine rings is 1. The molecule has 16 heavy (non-hydrogen) atoms. The fraction of sp³-hybridized carbons (Fsp3) is 0.615. The molecule has 0 saturated heterocycles. The van der Waals surface area contributed by atoms with Gasteiger partial charge < -0.3 is 10.1 Å². The van der Waals surface area contributed by atoms with Gasteiger partial charge >= 0.3 is 0 Å². The van der Waals surface area contributed by atoms with Gasteiger partial charge in [0.1, 0.15) is 0 Å². The lowest BCUT2D eigenvalue weighted by Crippen LogP contribution is -2.09. The lowest BCUT2D eigenvalue weighted by Gasteiger charge is -2.09. The third-order valence-corrected chi connectivity index (χ3v) is 2.25. The van der Waals surface area contributed by atoms with Gasteiger partial charge in [0.15, 0.2) is 0 Å². The Kier molecular flexibility index (Phi) is 5.86. The maximum Gasteiger partial charge on any atom is 0.0489 e. The predicted octanol–water partition coefficient (Wildman–Crippen LogP) is 2.86. The summed E-state index contributed by atoms with van der Waals surface area (Å²) in [4.78, 5) is 4.06. The molecule has 3 nitrogen and oxygen atoms in total. The minimum atomic E-state index is 0.621. The van der Waals surface area contributed by atoms with Gasteiger partial charge in [-0.15, -0.1) is 0 Å². The SMILES string of the molecule is Cc1cnccc1NCCCOCC(C)C. The Balaban J connectivity index is 2.10. The minimum Gasteiger partial charge on any atom is -0.385 e. The second-order valence-electron chi connectivity index (χ2n) is 4.44. The lowest BCUT2D eigenvalue weighted by atomic mass is 10.2. The topological polar surface area (TPSA) is 34.2 Å². The highest BCUT2D eigenvalue weighted by atomic mass is 16.5. The van der Waals surface area contributed by atoms with E-state index in [9.17, 15) is 0 Å². The smallest absolute Gasteiger partial charge is 0.0489 e. The van der Waals surface area contributed by atoms with Crippen molar-refractivity contribution in [3.8, 4) is 0 Å². The first-order chi connectivity index (χ1) is 7.70. The number of nitrogens with zero attached hydrogens (tertiary/aromatic N) is 1. The highest BCUT2D eigenvalue weighted by molar-refractivity contribution is 5.48. The molecule has 3 heteroatoms. The molecular weight excluding hydrogens is 200 g/mol. The molecule has 0 fully saturated rings. The Labute approximate surface area is 98.2 Å². The van der Waals surface area contributed by atoms with Crippen LogP contribution in [-0.2, 0) is 4.74 Å². The summed E-state index contributed by atoms with van der Waals surface area (Å²) in [7, 11) is 0. The summed E-state index contributed by atoms with van der Waals surface area (Å²) < 4.78 is 5.51. The molecular formula is C13H22N2O. The average Bonchev–Trinajstić information content (AvgIpc) is 2.25. The van der Waals surface area contributed by atoms with Gasteiger partial charge in [0.25, 0.3) is 0 Å². The summed E-state index contributed by atoms with van der Waals surface area (Å²) in [6.45, 7) is 9.02. The summed E-state index contributed by atoms with van der Waals surface area (Å²) >= 11 is 0. The molecule has 90 valence electrons. The van der Waals surface area contributed by atoms with Gasteiger partial charge in [0.2, 0.25) is 0 Å². The molecule has 0 spiro atoms. The highest BCUT2D eigenvalue weighted by Crippen LogP contribution is 2.10. The van der Waals surface area contributed by atoms with Crippen molar-refractivity contribution in [3.05, 3.63) is 24.0 Å². The Bertz CT molecular complexity index is 300. The molecule has 1 N–H and O–H groups in total. The number of aromatic nitrogens is 1. The van der Waals surface area contributed by atoms with E-state index >= 15 is 0 Å². The molecule has 0 aliphatic heterocycles. The first-order valence-corrected chi connectivity index (χ1v) is 5.92. The number of hydrogen-bond acceptors (Lipinski definition) is 3. The van der Waals surface area contributed by atoms with Crippen LogP contribution in [0, 0.1) is 12.8 Å². The quantitative estimate of drug-likeness (QED) is 0.720. The fourth-order valence-electron chi connectivity index (χ4n) is 1.39. The van der Waals surface area contributed by atoms with E-state index in [2.05, 4.69) is 31.1 Å². The molecule has 0 aromatic carbocycles. The van der Waals surface area contributed by atoms with Crippen LogP contribution >= 0.6 is 0 Å². The largest absolute Gasteiger partial charge is 0.385 e. The van der Waals surface area contributed by atoms with Crippen molar-refractivity contribution >= 4 is 5.69 Å². The van der Waals surface area contributed by atoms with E-state index in [4.69, 9.17) is 4.74 Å². The minimum absolute atomic E-state index is 0.621. The van der Waals surface area contributed by atoms with E-state index in [1.54, 1.807) is 0 Å². The molecule has 1 rings (SSSR count). The van der Waals surface area contributed by atoms with E-state index in [0.717, 1.165) is 26.2 Å². The van der Waals surface area contributed by atoms with Gasteiger partial charge in [-0.3, -0.25) is 4.98 Å². The third kappa shape index (κ3) is 5.12. The van der Waals surface area contributed by atoms with Gasteiger partial charge in [-0.2, -0.15) is 0 Å². The Hall–Kier alpha value is -1.09. The van der Waals surface area contributed by atoms with Crippen LogP contribution in [0.25, 0.3) is 0 Å². The van der Waals surface area contributed by atoms with E-state index in [-0.39, 0.29) is 0 Å². The van der Waals surface area contributed by atoms with Crippen LogP contribution in [0.1, 0.15) is 25.8 Å². The van der Waals surface area contributed by atoms with Gasteiger partial charge in [-0.05, 0) is 30.9 Å². The number of aryl methyl sites for hydroxylation is 1. The van der Waals surface area contributed by atoms with Crippen molar-refractivity contribution in [2.24, 2.45) is 5.92 Å². The van der Waals surface area contributed by atoms with Gasteiger partial charge in [0, 0.05) is 37.8 Å². The van der Waals surface area contributed by atoms with Crippen molar-refractivity contribution in [2.75, 3.05) is 25.1 Å². The standard InChI is InChI=1S/C13H22N2O/c1-11(2)10-16-8-4-6-15-13-5-7-14-9-12(13)3/h5,7,9,11H,4,6,8,10H2,1-3H3,(H,14,15). The molecule has 1 aromatic heterocycles. The van der Waals surface area contributed by atoms with Crippen molar-refractivity contribution in [3.63, 3.8) is 0 Å². The molecule has 1 heterocycles. The summed E-state index contributed by atoms with van der Waals surface area (Å²) in [5.74, 6) is 0.621. The summed E-state index contributed by atoms with van der Waals surface area (Å²) in [6, 6.07) is 2.00. The van der Waals surface area contributed by atoms with Gasteiger partial charge in [-0.1, -0.05) is 13.8 Å². The Morgan fingerprint density at radius 1 is 1.44 bits per heavy atom. The highest BCUT2D eigenvalue weighted by Gasteiger charge is 1.96. The van der Waals surface area contributed by atoms with Crippen molar-refractivity contribution in [1.82, 2.24) is 4.98 Å². The molecule has 0 bridgehead atoms. The molecule has 0 aliphatic rings. The summed E-state index contributed by atoms with van der Waals surface area (Å²) in [6.07, 6.45) is 4.72. The van der Waals surface area contributed by atoms with Crippen LogP contribution in [0.3, 0.4) is 0 Å². The zero-order chi connectivity index (χ0) is 11.8. The van der Waals surface area contributed by atoms with Crippen LogP contribution < -0.4 is 5.32 Å². The van der Waals surface area contributed by atoms with Crippen LogP contribution in [0.4, 0.5) is 5.69 Å². The number of anilines is 1. The maximum atomic E-state index is 5.51. The van der Waals surface area contributed by atoms with E-state index < -0.39 is 0 Å². The second kappa shape index (κ2) is 7.23. The maximum absolute atomic E-state index is 5.51. The van der Waals surface area contributed by atoms with Gasteiger partial charge in [0.05, 0.1) is 0 Å². The van der Waals surface area contributed by atoms with Crippen LogP contribution in [0.5, 0.6) is 0 Å². The van der Waals surface area contributed by atoms with Crippen LogP contribution in [0.15, 0.2) is 18.5 Å². The average molecular weight is 222 g/mol. The number of ether oxygens (including phenoxy) is 1.